The van der Waals surface area contributed by atoms with Gasteiger partial charge in [-0.1, -0.05) is 52.3 Å². The molecule has 3 aromatic rings. The molecule has 0 unspecified atom stereocenters. The molecular weight excluding hydrogens is 504 g/mol. The minimum atomic E-state index is -0.148. The van der Waals surface area contributed by atoms with Gasteiger partial charge in [0.25, 0.3) is 5.91 Å². The number of anilines is 3. The molecule has 0 bridgehead atoms. The van der Waals surface area contributed by atoms with Gasteiger partial charge in [0, 0.05) is 34.9 Å². The fraction of sp³-hybridized carbons (Fsp3) is 0.214. The molecule has 0 atom stereocenters. The fourth-order valence-corrected chi connectivity index (χ4v) is 4.52. The molecule has 0 fully saturated rings. The third-order valence-electron chi connectivity index (χ3n) is 5.85. The summed E-state index contributed by atoms with van der Waals surface area (Å²) in [4.78, 5) is 29.2. The zero-order valence-corrected chi connectivity index (χ0v) is 21.7. The highest BCUT2D eigenvalue weighted by atomic mass is 79.9. The number of halogens is 1. The topological polar surface area (TPSA) is 64.7 Å². The lowest BCUT2D eigenvalue weighted by Crippen LogP contribution is -2.31. The van der Waals surface area contributed by atoms with Gasteiger partial charge in [0.05, 0.1) is 17.0 Å². The molecule has 1 heterocycles. The number of hydrogen-bond donors (Lipinski definition) is 2. The lowest BCUT2D eigenvalue weighted by atomic mass is 10.00. The van der Waals surface area contributed by atoms with Crippen molar-refractivity contribution in [3.05, 3.63) is 88.4 Å². The predicted octanol–water partition coefficient (Wildman–Crippen LogP) is 5.69. The van der Waals surface area contributed by atoms with Crippen LogP contribution in [-0.2, 0) is 9.59 Å². The van der Waals surface area contributed by atoms with E-state index in [2.05, 4.69) is 31.5 Å². The van der Waals surface area contributed by atoms with E-state index in [1.165, 1.54) is 0 Å². The van der Waals surface area contributed by atoms with Crippen LogP contribution in [-0.4, -0.2) is 43.9 Å². The van der Waals surface area contributed by atoms with Crippen molar-refractivity contribution in [2.45, 2.75) is 13.3 Å². The third kappa shape index (κ3) is 5.81. The summed E-state index contributed by atoms with van der Waals surface area (Å²) in [5.74, 6) is -0.133. The first-order valence-corrected chi connectivity index (χ1v) is 12.3. The van der Waals surface area contributed by atoms with Gasteiger partial charge in [-0.2, -0.15) is 0 Å². The van der Waals surface area contributed by atoms with E-state index >= 15 is 0 Å². The summed E-state index contributed by atoms with van der Waals surface area (Å²) in [6.45, 7) is 3.16. The molecular formula is C28H29BrN4O2. The lowest BCUT2D eigenvalue weighted by molar-refractivity contribution is -0.116. The smallest absolute Gasteiger partial charge is 0.258 e. The molecule has 0 saturated heterocycles. The number of fused-ring (bicyclic) bond motifs is 1. The summed E-state index contributed by atoms with van der Waals surface area (Å²) in [5.41, 5.74) is 5.54. The second kappa shape index (κ2) is 10.9. The monoisotopic (exact) mass is 532 g/mol. The van der Waals surface area contributed by atoms with Crippen molar-refractivity contribution in [3.63, 3.8) is 0 Å². The summed E-state index contributed by atoms with van der Waals surface area (Å²) in [6, 6.07) is 23.4. The van der Waals surface area contributed by atoms with Gasteiger partial charge in [0.1, 0.15) is 0 Å². The lowest BCUT2D eigenvalue weighted by Gasteiger charge is -2.23. The first-order valence-electron chi connectivity index (χ1n) is 11.5. The van der Waals surface area contributed by atoms with Gasteiger partial charge >= 0.3 is 0 Å². The highest BCUT2D eigenvalue weighted by Gasteiger charge is 2.28. The number of benzene rings is 3. The molecule has 1 aliphatic heterocycles. The molecule has 7 heteroatoms. The van der Waals surface area contributed by atoms with E-state index in [1.54, 1.807) is 11.8 Å². The number of amides is 2. The van der Waals surface area contributed by atoms with Crippen LogP contribution in [0.1, 0.15) is 24.5 Å². The second-order valence-electron chi connectivity index (χ2n) is 8.76. The van der Waals surface area contributed by atoms with E-state index < -0.39 is 0 Å². The van der Waals surface area contributed by atoms with Gasteiger partial charge in [0.15, 0.2) is 0 Å². The molecule has 0 spiro atoms. The summed E-state index contributed by atoms with van der Waals surface area (Å²) in [5, 5.41) is 6.45. The molecule has 35 heavy (non-hydrogen) atoms. The molecule has 180 valence electrons. The third-order valence-corrected chi connectivity index (χ3v) is 6.35. The molecule has 6 nitrogen and oxygen atoms in total. The molecule has 4 rings (SSSR count). The average molecular weight is 533 g/mol. The Morgan fingerprint density at radius 2 is 1.69 bits per heavy atom. The van der Waals surface area contributed by atoms with Gasteiger partial charge in [-0.25, -0.2) is 0 Å². The van der Waals surface area contributed by atoms with E-state index in [0.29, 0.717) is 12.1 Å². The molecule has 0 aromatic heterocycles. The van der Waals surface area contributed by atoms with E-state index in [4.69, 9.17) is 0 Å². The van der Waals surface area contributed by atoms with Gasteiger partial charge in [-0.15, -0.1) is 0 Å². The molecule has 0 aliphatic carbocycles. The van der Waals surface area contributed by atoms with Crippen molar-refractivity contribution in [1.29, 1.82) is 0 Å². The van der Waals surface area contributed by atoms with Crippen LogP contribution in [0.2, 0.25) is 0 Å². The Morgan fingerprint density at radius 1 is 0.971 bits per heavy atom. The maximum atomic E-state index is 13.0. The van der Waals surface area contributed by atoms with Crippen LogP contribution in [0.15, 0.2) is 77.3 Å². The number of hydrogen-bond acceptors (Lipinski definition) is 4. The van der Waals surface area contributed by atoms with Crippen molar-refractivity contribution in [3.8, 4) is 0 Å². The molecule has 2 amide bonds. The van der Waals surface area contributed by atoms with Crippen LogP contribution in [0.25, 0.3) is 11.3 Å². The Bertz CT molecular complexity index is 1250. The zero-order valence-electron chi connectivity index (χ0n) is 20.1. The molecule has 1 aliphatic rings. The van der Waals surface area contributed by atoms with Gasteiger partial charge < -0.3 is 20.4 Å². The van der Waals surface area contributed by atoms with E-state index in [0.717, 1.165) is 51.3 Å². The summed E-state index contributed by atoms with van der Waals surface area (Å²) in [7, 11) is 4.05. The number of nitrogens with one attached hydrogen (secondary N) is 2. The van der Waals surface area contributed by atoms with Crippen molar-refractivity contribution < 1.29 is 9.59 Å². The number of carbonyl (C=O) groups excluding carboxylic acids is 2. The fourth-order valence-electron chi connectivity index (χ4n) is 4.16. The van der Waals surface area contributed by atoms with Crippen molar-refractivity contribution in [2.24, 2.45) is 0 Å². The maximum absolute atomic E-state index is 13.0. The number of nitrogens with zero attached hydrogens (tertiary/aromatic N) is 2. The Balaban J connectivity index is 1.66. The second-order valence-corrected chi connectivity index (χ2v) is 9.68. The Kier molecular flexibility index (Phi) is 7.68. The van der Waals surface area contributed by atoms with E-state index in [-0.39, 0.29) is 11.8 Å². The van der Waals surface area contributed by atoms with Crippen molar-refractivity contribution >= 4 is 56.1 Å². The van der Waals surface area contributed by atoms with Gasteiger partial charge in [-0.3, -0.25) is 9.59 Å². The predicted molar refractivity (Wildman–Crippen MR) is 147 cm³/mol. The standard InChI is InChI=1S/C28H29BrN4O2/c1-19(34)33(17-7-16-32(2)3)23-13-11-22(12-14-23)30-27(20-8-5-4-6-9-20)26-24-15-10-21(29)18-25(24)31-28(26)35/h4-6,8-15,18,30H,7,16-17H2,1-3H3,(H,31,35). The average Bonchev–Trinajstić information content (AvgIpc) is 3.15. The Morgan fingerprint density at radius 3 is 2.34 bits per heavy atom. The summed E-state index contributed by atoms with van der Waals surface area (Å²) < 4.78 is 0.906. The van der Waals surface area contributed by atoms with Crippen molar-refractivity contribution in [2.75, 3.05) is 42.7 Å². The van der Waals surface area contributed by atoms with Gasteiger partial charge in [0.2, 0.25) is 5.91 Å². The number of carbonyl (C=O) groups is 2. The molecule has 0 saturated carbocycles. The highest BCUT2D eigenvalue weighted by Crippen LogP contribution is 2.38. The highest BCUT2D eigenvalue weighted by molar-refractivity contribution is 9.10. The van der Waals surface area contributed by atoms with Crippen LogP contribution in [0.4, 0.5) is 17.1 Å². The largest absolute Gasteiger partial charge is 0.354 e. The Hall–Kier alpha value is -3.42. The van der Waals surface area contributed by atoms with Crippen LogP contribution in [0.5, 0.6) is 0 Å². The van der Waals surface area contributed by atoms with Crippen molar-refractivity contribution in [1.82, 2.24) is 4.90 Å². The number of rotatable bonds is 8. The minimum absolute atomic E-state index is 0.0157. The van der Waals surface area contributed by atoms with E-state index in [9.17, 15) is 9.59 Å². The zero-order chi connectivity index (χ0) is 24.9. The molecule has 2 N–H and O–H groups in total. The summed E-state index contributed by atoms with van der Waals surface area (Å²) in [6.07, 6.45) is 0.890. The normalized spacial score (nSPS) is 13.9. The van der Waals surface area contributed by atoms with Crippen LogP contribution >= 0.6 is 15.9 Å². The first-order chi connectivity index (χ1) is 16.8. The molecule has 0 radical (unpaired) electrons. The van der Waals surface area contributed by atoms with E-state index in [1.807, 2.05) is 86.9 Å². The van der Waals surface area contributed by atoms with Crippen LogP contribution < -0.4 is 15.5 Å². The first kappa shape index (κ1) is 24.7. The Labute approximate surface area is 214 Å². The summed E-state index contributed by atoms with van der Waals surface area (Å²) >= 11 is 3.48. The SMILES string of the molecule is CC(=O)N(CCCN(C)C)c1ccc(NC(=C2C(=O)Nc3cc(Br)ccc32)c2ccccc2)cc1. The minimum Gasteiger partial charge on any atom is -0.354 e. The molecule has 3 aromatic carbocycles. The maximum Gasteiger partial charge on any atom is 0.258 e. The quantitative estimate of drug-likeness (QED) is 0.366. The van der Waals surface area contributed by atoms with Gasteiger partial charge in [-0.05, 0) is 69.0 Å². The van der Waals surface area contributed by atoms with Crippen LogP contribution in [0.3, 0.4) is 0 Å². The van der Waals surface area contributed by atoms with Crippen LogP contribution in [0, 0.1) is 0 Å².